The fourth-order valence-electron chi connectivity index (χ4n) is 1.47. The summed E-state index contributed by atoms with van der Waals surface area (Å²) in [5, 5.41) is 6.14. The number of benzene rings is 1. The predicted molar refractivity (Wildman–Crippen MR) is 86.0 cm³/mol. The average Bonchev–Trinajstić information content (AvgIpc) is 2.36. The molecule has 0 saturated carbocycles. The standard InChI is InChI=1S/C14H20Br2N2O/c1-9(2)7-18-14(19)10(3)17-8-11-4-5-12(15)13(16)6-11/h4-6,9-10,17H,7-8H2,1-3H3,(H,18,19). The Bertz CT molecular complexity index is 435. The molecule has 106 valence electrons. The van der Waals surface area contributed by atoms with Crippen molar-refractivity contribution in [3.8, 4) is 0 Å². The first-order chi connectivity index (χ1) is 8.90. The highest BCUT2D eigenvalue weighted by Crippen LogP contribution is 2.23. The maximum Gasteiger partial charge on any atom is 0.236 e. The van der Waals surface area contributed by atoms with Crippen LogP contribution >= 0.6 is 31.9 Å². The highest BCUT2D eigenvalue weighted by Gasteiger charge is 2.12. The summed E-state index contributed by atoms with van der Waals surface area (Å²) < 4.78 is 2.04. The zero-order valence-electron chi connectivity index (χ0n) is 11.5. The second-order valence-electron chi connectivity index (χ2n) is 4.99. The molecule has 0 aromatic heterocycles. The lowest BCUT2D eigenvalue weighted by atomic mass is 10.2. The van der Waals surface area contributed by atoms with E-state index in [1.54, 1.807) is 0 Å². The number of nitrogens with one attached hydrogen (secondary N) is 2. The van der Waals surface area contributed by atoms with Crippen LogP contribution in [0.1, 0.15) is 26.3 Å². The average molecular weight is 392 g/mol. The molecule has 2 N–H and O–H groups in total. The Morgan fingerprint density at radius 3 is 2.47 bits per heavy atom. The normalized spacial score (nSPS) is 12.5. The van der Waals surface area contributed by atoms with Gasteiger partial charge in [-0.25, -0.2) is 0 Å². The van der Waals surface area contributed by atoms with Gasteiger partial charge in [0.15, 0.2) is 0 Å². The SMILES string of the molecule is CC(C)CNC(=O)C(C)NCc1ccc(Br)c(Br)c1. The molecule has 1 atom stereocenters. The van der Waals surface area contributed by atoms with E-state index in [-0.39, 0.29) is 11.9 Å². The number of amides is 1. The molecule has 1 amide bonds. The molecular weight excluding hydrogens is 372 g/mol. The van der Waals surface area contributed by atoms with Crippen molar-refractivity contribution < 1.29 is 4.79 Å². The molecule has 19 heavy (non-hydrogen) atoms. The first kappa shape index (κ1) is 16.7. The largest absolute Gasteiger partial charge is 0.354 e. The molecule has 1 rings (SSSR count). The minimum Gasteiger partial charge on any atom is -0.354 e. The third kappa shape index (κ3) is 6.06. The van der Waals surface area contributed by atoms with Crippen molar-refractivity contribution >= 4 is 37.8 Å². The zero-order valence-corrected chi connectivity index (χ0v) is 14.6. The Kier molecular flexibility index (Phi) is 7.04. The van der Waals surface area contributed by atoms with Gasteiger partial charge in [-0.3, -0.25) is 4.79 Å². The van der Waals surface area contributed by atoms with Crippen LogP contribution in [0.15, 0.2) is 27.1 Å². The fraction of sp³-hybridized carbons (Fsp3) is 0.500. The van der Waals surface area contributed by atoms with Crippen molar-refractivity contribution in [1.82, 2.24) is 10.6 Å². The second kappa shape index (κ2) is 8.02. The van der Waals surface area contributed by atoms with E-state index in [2.05, 4.69) is 56.3 Å². The molecule has 0 radical (unpaired) electrons. The maximum absolute atomic E-state index is 11.8. The molecule has 1 unspecified atom stereocenters. The summed E-state index contributed by atoms with van der Waals surface area (Å²) >= 11 is 6.90. The predicted octanol–water partition coefficient (Wildman–Crippen LogP) is 3.46. The Hall–Kier alpha value is -0.390. The van der Waals surface area contributed by atoms with Crippen LogP contribution in [-0.4, -0.2) is 18.5 Å². The molecule has 1 aromatic carbocycles. The molecule has 0 aliphatic rings. The van der Waals surface area contributed by atoms with Crippen LogP contribution in [0.3, 0.4) is 0 Å². The van der Waals surface area contributed by atoms with Crippen molar-refractivity contribution in [2.24, 2.45) is 5.92 Å². The van der Waals surface area contributed by atoms with Gasteiger partial charge >= 0.3 is 0 Å². The minimum atomic E-state index is -0.193. The fourth-order valence-corrected chi connectivity index (χ4v) is 2.14. The Balaban J connectivity index is 2.42. The van der Waals surface area contributed by atoms with Crippen LogP contribution in [0.5, 0.6) is 0 Å². The molecular formula is C14H20Br2N2O. The molecule has 0 heterocycles. The van der Waals surface area contributed by atoms with Crippen LogP contribution in [0.25, 0.3) is 0 Å². The lowest BCUT2D eigenvalue weighted by molar-refractivity contribution is -0.122. The molecule has 3 nitrogen and oxygen atoms in total. The summed E-state index contributed by atoms with van der Waals surface area (Å²) in [5.41, 5.74) is 1.14. The van der Waals surface area contributed by atoms with Crippen LogP contribution in [0, 0.1) is 5.92 Å². The summed E-state index contributed by atoms with van der Waals surface area (Å²) in [5.74, 6) is 0.517. The summed E-state index contributed by atoms with van der Waals surface area (Å²) in [4.78, 5) is 11.8. The van der Waals surface area contributed by atoms with Gasteiger partial charge in [0.2, 0.25) is 5.91 Å². The summed E-state index contributed by atoms with van der Waals surface area (Å²) in [6.45, 7) is 7.43. The van der Waals surface area contributed by atoms with Crippen molar-refractivity contribution in [1.29, 1.82) is 0 Å². The van der Waals surface area contributed by atoms with E-state index in [1.165, 1.54) is 0 Å². The first-order valence-corrected chi connectivity index (χ1v) is 7.93. The van der Waals surface area contributed by atoms with Gasteiger partial charge in [-0.2, -0.15) is 0 Å². The molecule has 1 aromatic rings. The van der Waals surface area contributed by atoms with Gasteiger partial charge in [-0.15, -0.1) is 0 Å². The number of hydrogen-bond donors (Lipinski definition) is 2. The molecule has 0 fully saturated rings. The van der Waals surface area contributed by atoms with Crippen LogP contribution in [0.4, 0.5) is 0 Å². The van der Waals surface area contributed by atoms with Crippen molar-refractivity contribution in [3.63, 3.8) is 0 Å². The Morgan fingerprint density at radius 2 is 1.89 bits per heavy atom. The summed E-state index contributed by atoms with van der Waals surface area (Å²) in [6.07, 6.45) is 0. The molecule has 0 bridgehead atoms. The van der Waals surface area contributed by atoms with E-state index in [0.717, 1.165) is 14.5 Å². The number of carbonyl (C=O) groups is 1. The van der Waals surface area contributed by atoms with Crippen LogP contribution in [-0.2, 0) is 11.3 Å². The number of carbonyl (C=O) groups excluding carboxylic acids is 1. The van der Waals surface area contributed by atoms with Gasteiger partial charge in [0.05, 0.1) is 6.04 Å². The lowest BCUT2D eigenvalue weighted by Crippen LogP contribution is -2.42. The smallest absolute Gasteiger partial charge is 0.236 e. The third-order valence-electron chi connectivity index (χ3n) is 2.67. The van der Waals surface area contributed by atoms with Gasteiger partial charge in [0, 0.05) is 22.0 Å². The number of hydrogen-bond acceptors (Lipinski definition) is 2. The Labute approximate surface area is 131 Å². The van der Waals surface area contributed by atoms with E-state index in [9.17, 15) is 4.79 Å². The minimum absolute atomic E-state index is 0.0462. The van der Waals surface area contributed by atoms with E-state index in [4.69, 9.17) is 0 Å². The second-order valence-corrected chi connectivity index (χ2v) is 6.70. The third-order valence-corrected chi connectivity index (χ3v) is 4.55. The number of halogens is 2. The van der Waals surface area contributed by atoms with E-state index >= 15 is 0 Å². The van der Waals surface area contributed by atoms with Gasteiger partial charge < -0.3 is 10.6 Å². The van der Waals surface area contributed by atoms with Crippen LogP contribution < -0.4 is 10.6 Å². The van der Waals surface area contributed by atoms with Gasteiger partial charge in [-0.1, -0.05) is 19.9 Å². The molecule has 0 spiro atoms. The topological polar surface area (TPSA) is 41.1 Å². The maximum atomic E-state index is 11.8. The molecule has 0 saturated heterocycles. The Morgan fingerprint density at radius 1 is 1.21 bits per heavy atom. The molecule has 0 aliphatic heterocycles. The summed E-state index contributed by atoms with van der Waals surface area (Å²) in [6, 6.07) is 5.86. The quantitative estimate of drug-likeness (QED) is 0.779. The van der Waals surface area contributed by atoms with Crippen molar-refractivity contribution in [2.45, 2.75) is 33.4 Å². The first-order valence-electron chi connectivity index (χ1n) is 6.35. The monoisotopic (exact) mass is 390 g/mol. The molecule has 5 heteroatoms. The van der Waals surface area contributed by atoms with Gasteiger partial charge in [0.1, 0.15) is 0 Å². The van der Waals surface area contributed by atoms with Gasteiger partial charge in [0.25, 0.3) is 0 Å². The van der Waals surface area contributed by atoms with Crippen LogP contribution in [0.2, 0.25) is 0 Å². The number of rotatable bonds is 6. The van der Waals surface area contributed by atoms with Crippen molar-refractivity contribution in [3.05, 3.63) is 32.7 Å². The molecule has 0 aliphatic carbocycles. The van der Waals surface area contributed by atoms with E-state index in [0.29, 0.717) is 19.0 Å². The zero-order chi connectivity index (χ0) is 14.4. The van der Waals surface area contributed by atoms with E-state index < -0.39 is 0 Å². The highest BCUT2D eigenvalue weighted by molar-refractivity contribution is 9.13. The van der Waals surface area contributed by atoms with E-state index in [1.807, 2.05) is 25.1 Å². The van der Waals surface area contributed by atoms with Crippen molar-refractivity contribution in [2.75, 3.05) is 6.54 Å². The summed E-state index contributed by atoms with van der Waals surface area (Å²) in [7, 11) is 0. The lowest BCUT2D eigenvalue weighted by Gasteiger charge is -2.15. The highest BCUT2D eigenvalue weighted by atomic mass is 79.9. The van der Waals surface area contributed by atoms with Gasteiger partial charge in [-0.05, 0) is 62.4 Å².